The maximum absolute atomic E-state index is 13.8. The molecule has 0 saturated carbocycles. The Labute approximate surface area is 791 Å². The van der Waals surface area contributed by atoms with Gasteiger partial charge in [0, 0.05) is 56.0 Å². The average molecular weight is 1810 g/mol. The van der Waals surface area contributed by atoms with Gasteiger partial charge in [-0.2, -0.15) is 12.6 Å². The van der Waals surface area contributed by atoms with E-state index in [4.69, 9.17) is 0 Å². The Hall–Kier alpha value is -2.71. The number of rotatable bonds is 102. The summed E-state index contributed by atoms with van der Waals surface area (Å²) in [5.41, 5.74) is 0. The topological polar surface area (TPSA) is 163 Å². The Morgan fingerprint density at radius 1 is 0.216 bits per heavy atom. The second-order valence-electron chi connectivity index (χ2n) is 37.7. The van der Waals surface area contributed by atoms with Crippen LogP contribution in [0.3, 0.4) is 0 Å². The number of thiol groups is 1. The van der Waals surface area contributed by atoms with Gasteiger partial charge in [-0.05, 0) is 116 Å². The molecular weight excluding hydrogens is 1600 g/mol. The number of Topliss-reactive ketones (excluding diaryl/α,β-unsaturated/α-hetero) is 1. The zero-order valence-electron chi connectivity index (χ0n) is 84.0. The Bertz CT molecular complexity index is 2340. The number of ketones is 1. The highest BCUT2D eigenvalue weighted by atomic mass is 33.1. The predicted molar refractivity (Wildman–Crippen MR) is 559 cm³/mol. The molecule has 3 unspecified atom stereocenters. The first-order chi connectivity index (χ1) is 61.5. The van der Waals surface area contributed by atoms with E-state index in [1.807, 2.05) is 0 Å². The van der Waals surface area contributed by atoms with Crippen LogP contribution in [0.4, 0.5) is 0 Å². The molecule has 736 valence electrons. The van der Waals surface area contributed by atoms with E-state index in [-0.39, 0.29) is 35.3 Å². The molecule has 0 spiro atoms. The van der Waals surface area contributed by atoms with Gasteiger partial charge in [-0.1, -0.05) is 504 Å². The summed E-state index contributed by atoms with van der Waals surface area (Å²) < 4.78 is 0. The molecule has 0 aromatic rings. The van der Waals surface area contributed by atoms with Crippen molar-refractivity contribution in [2.45, 2.75) is 605 Å². The lowest BCUT2D eigenvalue weighted by Gasteiger charge is -2.20. The molecule has 125 heavy (non-hydrogen) atoms. The molecule has 5 amide bonds. The largest absolute Gasteiger partial charge is 0.354 e. The Morgan fingerprint density at radius 2 is 0.392 bits per heavy atom. The zero-order valence-corrected chi connectivity index (χ0v) is 86.6. The van der Waals surface area contributed by atoms with Crippen LogP contribution in [0.15, 0.2) is 36.5 Å². The summed E-state index contributed by atoms with van der Waals surface area (Å²) in [7, 11) is 3.08. The van der Waals surface area contributed by atoms with Crippen molar-refractivity contribution in [3.8, 4) is 0 Å². The van der Waals surface area contributed by atoms with Crippen LogP contribution in [0, 0.1) is 0 Å². The number of hydrogen-bond acceptors (Lipinski definition) is 9. The van der Waals surface area contributed by atoms with Gasteiger partial charge in [0.1, 0.15) is 12.1 Å². The van der Waals surface area contributed by atoms with Crippen molar-refractivity contribution < 1.29 is 28.8 Å². The minimum absolute atomic E-state index is 0.0293. The fraction of sp³-hybridized carbons (Fsp3) is 0.892. The lowest BCUT2D eigenvalue weighted by atomic mass is 10.0. The van der Waals surface area contributed by atoms with Crippen molar-refractivity contribution in [3.05, 3.63) is 36.5 Å². The highest BCUT2D eigenvalue weighted by molar-refractivity contribution is 8.76. The molecule has 0 fully saturated rings. The first-order valence-electron chi connectivity index (χ1n) is 55.3. The van der Waals surface area contributed by atoms with E-state index in [1.54, 1.807) is 10.8 Å². The molecule has 0 bridgehead atoms. The number of allylic oxidation sites excluding steroid dienone is 6. The van der Waals surface area contributed by atoms with Crippen molar-refractivity contribution in [2.75, 3.05) is 30.3 Å². The van der Waals surface area contributed by atoms with Gasteiger partial charge < -0.3 is 26.6 Å². The van der Waals surface area contributed by atoms with Gasteiger partial charge in [-0.3, -0.25) is 28.8 Å². The van der Waals surface area contributed by atoms with Crippen molar-refractivity contribution in [3.63, 3.8) is 0 Å². The Balaban J connectivity index is 0. The van der Waals surface area contributed by atoms with Crippen LogP contribution < -0.4 is 26.6 Å². The molecule has 0 rings (SSSR count). The summed E-state index contributed by atoms with van der Waals surface area (Å²) in [5.74, 6) is 0.978. The lowest BCUT2D eigenvalue weighted by Crippen LogP contribution is -2.48. The Morgan fingerprint density at radius 3 is 0.624 bits per heavy atom. The molecule has 0 aliphatic carbocycles. The van der Waals surface area contributed by atoms with E-state index in [2.05, 4.69) is 117 Å². The van der Waals surface area contributed by atoms with Crippen LogP contribution in [0.5, 0.6) is 0 Å². The van der Waals surface area contributed by atoms with E-state index >= 15 is 0 Å². The van der Waals surface area contributed by atoms with Gasteiger partial charge in [0.25, 0.3) is 0 Å². The SMILES string of the molecule is CCCCCCCC/C=C/CCCCCCCC(=O)NC(CS)C(=O)NCCCCCCCCCCCCCCCC.CCCCCCCC/C=C/CCCCCCCC(=O)NC(CSSCC(NC(=O)CCCCCCC/C=C/CCCCCCCC)C(=O)NCCCCCCCCCCCCCCC)C(=O)CCCCCCCCCCCCCCCCC. The number of carbonyl (C=O) groups is 6. The summed E-state index contributed by atoms with van der Waals surface area (Å²) in [6.07, 6.45) is 118. The molecule has 0 aliphatic rings. The number of hydrogen-bond donors (Lipinski definition) is 6. The molecule has 0 aromatic carbocycles. The molecule has 3 atom stereocenters. The van der Waals surface area contributed by atoms with Gasteiger partial charge in [0.05, 0.1) is 6.04 Å². The fourth-order valence-corrected chi connectivity index (χ4v) is 19.3. The smallest absolute Gasteiger partial charge is 0.243 e. The molecule has 0 radical (unpaired) electrons. The maximum Gasteiger partial charge on any atom is 0.243 e. The highest BCUT2D eigenvalue weighted by Crippen LogP contribution is 2.26. The first-order valence-corrected chi connectivity index (χ1v) is 58.4. The zero-order chi connectivity index (χ0) is 91.0. The van der Waals surface area contributed by atoms with Gasteiger partial charge in [0.2, 0.25) is 29.5 Å². The third-order valence-electron chi connectivity index (χ3n) is 25.2. The average Bonchev–Trinajstić information content (AvgIpc) is 0.912. The molecule has 0 saturated heterocycles. The summed E-state index contributed by atoms with van der Waals surface area (Å²) >= 11 is 4.30. The molecule has 14 heteroatoms. The van der Waals surface area contributed by atoms with Crippen LogP contribution in [-0.4, -0.2) is 83.8 Å². The highest BCUT2D eigenvalue weighted by Gasteiger charge is 2.25. The summed E-state index contributed by atoms with van der Waals surface area (Å²) in [6, 6.07) is -1.72. The van der Waals surface area contributed by atoms with E-state index < -0.39 is 18.1 Å². The van der Waals surface area contributed by atoms with Gasteiger partial charge >= 0.3 is 0 Å². The van der Waals surface area contributed by atoms with Gasteiger partial charge in [-0.15, -0.1) is 0 Å². The quantitative estimate of drug-likeness (QED) is 0.0152. The summed E-state index contributed by atoms with van der Waals surface area (Å²) in [5, 5.41) is 15.3. The van der Waals surface area contributed by atoms with Crippen LogP contribution >= 0.6 is 34.2 Å². The monoisotopic (exact) mass is 1810 g/mol. The van der Waals surface area contributed by atoms with Crippen molar-refractivity contribution >= 4 is 69.5 Å². The molecule has 0 heterocycles. The lowest BCUT2D eigenvalue weighted by molar-refractivity contribution is -0.128. The number of amides is 5. The van der Waals surface area contributed by atoms with Crippen LogP contribution in [0.1, 0.15) is 587 Å². The Kier molecular flexibility index (Phi) is 108. The minimum Gasteiger partial charge on any atom is -0.354 e. The van der Waals surface area contributed by atoms with E-state index in [0.29, 0.717) is 56.0 Å². The molecule has 0 aliphatic heterocycles. The number of unbranched alkanes of at least 4 members (excludes halogenated alkanes) is 72. The van der Waals surface area contributed by atoms with E-state index in [1.165, 1.54) is 422 Å². The van der Waals surface area contributed by atoms with Crippen LogP contribution in [0.25, 0.3) is 0 Å². The van der Waals surface area contributed by atoms with E-state index in [9.17, 15) is 28.8 Å². The fourth-order valence-electron chi connectivity index (χ4n) is 16.7. The number of nitrogens with one attached hydrogen (secondary N) is 5. The van der Waals surface area contributed by atoms with Crippen LogP contribution in [-0.2, 0) is 28.8 Å². The third-order valence-corrected chi connectivity index (χ3v) is 28.0. The van der Waals surface area contributed by atoms with Gasteiger partial charge in [0.15, 0.2) is 5.78 Å². The van der Waals surface area contributed by atoms with Gasteiger partial charge in [-0.25, -0.2) is 0 Å². The van der Waals surface area contributed by atoms with Crippen LogP contribution in [0.2, 0.25) is 0 Å². The van der Waals surface area contributed by atoms with Crippen molar-refractivity contribution in [1.29, 1.82) is 0 Å². The molecule has 5 N–H and O–H groups in total. The van der Waals surface area contributed by atoms with Crippen molar-refractivity contribution in [2.24, 2.45) is 0 Å². The van der Waals surface area contributed by atoms with Crippen molar-refractivity contribution in [1.82, 2.24) is 26.6 Å². The third kappa shape index (κ3) is 100. The minimum atomic E-state index is -0.643. The van der Waals surface area contributed by atoms with E-state index in [0.717, 1.165) is 109 Å². The second-order valence-corrected chi connectivity index (χ2v) is 40.6. The second kappa shape index (κ2) is 108. The summed E-state index contributed by atoms with van der Waals surface area (Å²) in [6.45, 7) is 15.0. The first kappa shape index (κ1) is 124. The maximum atomic E-state index is 13.8. The molecular formula is C111H213N5O6S3. The molecule has 0 aromatic heterocycles. The molecule has 11 nitrogen and oxygen atoms in total. The summed E-state index contributed by atoms with van der Waals surface area (Å²) in [4.78, 5) is 79.1. The predicted octanol–water partition coefficient (Wildman–Crippen LogP) is 34.5. The normalized spacial score (nSPS) is 12.3. The number of carbonyl (C=O) groups excluding carboxylic acids is 6. The standard InChI is InChI=1S/C74H141N3O4S2.C37H72N2O2S/c1-5-9-13-17-21-25-29-33-36-39-43-47-51-55-59-63-71(78)69(76-72(79)64-60-56-52-48-44-40-37-34-30-26-22-18-14-10-6-2)67-82-83-68-70(74(81)75-66-62-58-54-50-46-42-32-28-24-20-16-12-8-4)77-73(80)65-61-57-53-49-45-41-38-35-31-27-23-19-15-11-7-3;1-3-5-7-9-11-13-15-17-19-20-22-24-26-28-30-32-36(40)39-35(34-42)37(41)38-33-31-29-27-25-23-21-18-16-14-12-10-8-6-4-2/h34-35,37-38,69-70H,5-33,36,39-68H2,1-4H3,(H,75,81)(H,76,79)(H,77,80);17,19,35,42H,3-16,18,20-34H2,1-2H3,(H,38,41)(H,39,40)/b37-34+,38-35+;19-17+.